The summed E-state index contributed by atoms with van der Waals surface area (Å²) in [6.45, 7) is 4.53. The van der Waals surface area contributed by atoms with Crippen LogP contribution in [-0.2, 0) is 0 Å². The SMILES string of the molecule is C[C@H](NCC1CCCN1)c1cccs1. The van der Waals surface area contributed by atoms with Crippen LogP contribution >= 0.6 is 11.3 Å². The molecule has 78 valence electrons. The van der Waals surface area contributed by atoms with E-state index in [1.807, 2.05) is 11.3 Å². The molecule has 2 atom stereocenters. The van der Waals surface area contributed by atoms with Gasteiger partial charge in [0.25, 0.3) is 0 Å². The monoisotopic (exact) mass is 210 g/mol. The molecule has 0 saturated carbocycles. The zero-order chi connectivity index (χ0) is 9.80. The van der Waals surface area contributed by atoms with E-state index in [1.165, 1.54) is 24.3 Å². The van der Waals surface area contributed by atoms with Crippen LogP contribution in [0.1, 0.15) is 30.7 Å². The Kier molecular flexibility index (Phi) is 3.56. The molecular formula is C11H18N2S. The second-order valence-corrected chi connectivity index (χ2v) is 4.92. The molecule has 1 aromatic rings. The van der Waals surface area contributed by atoms with Crippen LogP contribution in [0, 0.1) is 0 Å². The van der Waals surface area contributed by atoms with E-state index in [2.05, 4.69) is 35.1 Å². The smallest absolute Gasteiger partial charge is 0.0386 e. The molecule has 2 nitrogen and oxygen atoms in total. The van der Waals surface area contributed by atoms with Crippen molar-refractivity contribution in [3.63, 3.8) is 0 Å². The van der Waals surface area contributed by atoms with E-state index in [4.69, 9.17) is 0 Å². The minimum Gasteiger partial charge on any atom is -0.313 e. The van der Waals surface area contributed by atoms with Crippen molar-refractivity contribution in [2.45, 2.75) is 31.8 Å². The van der Waals surface area contributed by atoms with Gasteiger partial charge in [0.05, 0.1) is 0 Å². The Morgan fingerprint density at radius 3 is 3.29 bits per heavy atom. The second-order valence-electron chi connectivity index (χ2n) is 3.94. The van der Waals surface area contributed by atoms with Crippen molar-refractivity contribution in [1.29, 1.82) is 0 Å². The fourth-order valence-corrected chi connectivity index (χ4v) is 2.65. The molecule has 1 unspecified atom stereocenters. The fourth-order valence-electron chi connectivity index (χ4n) is 1.89. The maximum absolute atomic E-state index is 3.57. The molecule has 1 fully saturated rings. The summed E-state index contributed by atoms with van der Waals surface area (Å²) in [5.74, 6) is 0. The molecule has 0 bridgehead atoms. The molecule has 0 aliphatic carbocycles. The van der Waals surface area contributed by atoms with Gasteiger partial charge in [-0.3, -0.25) is 0 Å². The molecule has 1 aromatic heterocycles. The first-order chi connectivity index (χ1) is 6.86. The van der Waals surface area contributed by atoms with E-state index >= 15 is 0 Å². The van der Waals surface area contributed by atoms with Crippen molar-refractivity contribution in [2.75, 3.05) is 13.1 Å². The quantitative estimate of drug-likeness (QED) is 0.795. The maximum atomic E-state index is 3.57. The average molecular weight is 210 g/mol. The third-order valence-electron chi connectivity index (χ3n) is 2.80. The summed E-state index contributed by atoms with van der Waals surface area (Å²) in [5.41, 5.74) is 0. The van der Waals surface area contributed by atoms with E-state index in [-0.39, 0.29) is 0 Å². The number of hydrogen-bond acceptors (Lipinski definition) is 3. The van der Waals surface area contributed by atoms with Gasteiger partial charge in [-0.1, -0.05) is 6.07 Å². The summed E-state index contributed by atoms with van der Waals surface area (Å²) in [6, 6.07) is 5.51. The Morgan fingerprint density at radius 2 is 2.64 bits per heavy atom. The lowest BCUT2D eigenvalue weighted by Crippen LogP contribution is -2.34. The first-order valence-corrected chi connectivity index (χ1v) is 6.24. The van der Waals surface area contributed by atoms with Gasteiger partial charge in [-0.15, -0.1) is 11.3 Å². The van der Waals surface area contributed by atoms with Gasteiger partial charge < -0.3 is 10.6 Å². The van der Waals surface area contributed by atoms with Crippen LogP contribution in [-0.4, -0.2) is 19.1 Å². The molecular weight excluding hydrogens is 192 g/mol. The average Bonchev–Trinajstić information content (AvgIpc) is 2.87. The molecule has 2 N–H and O–H groups in total. The van der Waals surface area contributed by atoms with Gasteiger partial charge in [0.15, 0.2) is 0 Å². The highest BCUT2D eigenvalue weighted by molar-refractivity contribution is 7.10. The minimum absolute atomic E-state index is 0.498. The van der Waals surface area contributed by atoms with Crippen LogP contribution in [0.2, 0.25) is 0 Å². The highest BCUT2D eigenvalue weighted by Crippen LogP contribution is 2.18. The third kappa shape index (κ3) is 2.56. The Balaban J connectivity index is 1.74. The summed E-state index contributed by atoms with van der Waals surface area (Å²) in [7, 11) is 0. The molecule has 3 heteroatoms. The van der Waals surface area contributed by atoms with Gasteiger partial charge in [0.1, 0.15) is 0 Å². The van der Waals surface area contributed by atoms with Gasteiger partial charge in [0, 0.05) is 23.5 Å². The van der Waals surface area contributed by atoms with Crippen LogP contribution < -0.4 is 10.6 Å². The Bertz CT molecular complexity index is 252. The molecule has 2 rings (SSSR count). The summed E-state index contributed by atoms with van der Waals surface area (Å²) < 4.78 is 0. The summed E-state index contributed by atoms with van der Waals surface area (Å²) in [6.07, 6.45) is 2.66. The lowest BCUT2D eigenvalue weighted by Gasteiger charge is -2.16. The number of thiophene rings is 1. The fraction of sp³-hybridized carbons (Fsp3) is 0.636. The Hall–Kier alpha value is -0.380. The predicted octanol–water partition coefficient (Wildman–Crippen LogP) is 2.15. The molecule has 1 aliphatic heterocycles. The largest absolute Gasteiger partial charge is 0.313 e. The first kappa shape index (κ1) is 10.1. The van der Waals surface area contributed by atoms with E-state index in [1.54, 1.807) is 0 Å². The number of hydrogen-bond donors (Lipinski definition) is 2. The third-order valence-corrected chi connectivity index (χ3v) is 3.86. The molecule has 0 amide bonds. The molecule has 0 spiro atoms. The highest BCUT2D eigenvalue weighted by atomic mass is 32.1. The van der Waals surface area contributed by atoms with Crippen LogP contribution in [0.5, 0.6) is 0 Å². The van der Waals surface area contributed by atoms with Gasteiger partial charge in [0.2, 0.25) is 0 Å². The Labute approximate surface area is 89.7 Å². The van der Waals surface area contributed by atoms with Crippen molar-refractivity contribution in [3.8, 4) is 0 Å². The zero-order valence-corrected chi connectivity index (χ0v) is 9.44. The number of rotatable bonds is 4. The van der Waals surface area contributed by atoms with Crippen molar-refractivity contribution in [1.82, 2.24) is 10.6 Å². The zero-order valence-electron chi connectivity index (χ0n) is 8.62. The van der Waals surface area contributed by atoms with E-state index in [0.717, 1.165) is 6.54 Å². The minimum atomic E-state index is 0.498. The highest BCUT2D eigenvalue weighted by Gasteiger charge is 2.14. The molecule has 0 aromatic carbocycles. The summed E-state index contributed by atoms with van der Waals surface area (Å²) in [4.78, 5) is 1.43. The lowest BCUT2D eigenvalue weighted by atomic mass is 10.2. The van der Waals surface area contributed by atoms with Gasteiger partial charge in [-0.2, -0.15) is 0 Å². The van der Waals surface area contributed by atoms with Crippen molar-refractivity contribution >= 4 is 11.3 Å². The lowest BCUT2D eigenvalue weighted by molar-refractivity contribution is 0.493. The van der Waals surface area contributed by atoms with E-state index in [9.17, 15) is 0 Å². The Morgan fingerprint density at radius 1 is 1.71 bits per heavy atom. The second kappa shape index (κ2) is 4.91. The van der Waals surface area contributed by atoms with Crippen molar-refractivity contribution in [3.05, 3.63) is 22.4 Å². The standard InChI is InChI=1S/C11H18N2S/c1-9(11-5-3-7-14-11)13-8-10-4-2-6-12-10/h3,5,7,9-10,12-13H,2,4,6,8H2,1H3/t9-,10?/m0/s1. The molecule has 14 heavy (non-hydrogen) atoms. The molecule has 1 saturated heterocycles. The molecule has 0 radical (unpaired) electrons. The van der Waals surface area contributed by atoms with Crippen LogP contribution in [0.25, 0.3) is 0 Å². The van der Waals surface area contributed by atoms with Crippen molar-refractivity contribution < 1.29 is 0 Å². The summed E-state index contributed by atoms with van der Waals surface area (Å²) in [5, 5.41) is 9.21. The topological polar surface area (TPSA) is 24.1 Å². The van der Waals surface area contributed by atoms with E-state index < -0.39 is 0 Å². The predicted molar refractivity (Wildman–Crippen MR) is 61.8 cm³/mol. The van der Waals surface area contributed by atoms with Crippen molar-refractivity contribution in [2.24, 2.45) is 0 Å². The van der Waals surface area contributed by atoms with Crippen LogP contribution in [0.3, 0.4) is 0 Å². The van der Waals surface area contributed by atoms with Crippen LogP contribution in [0.4, 0.5) is 0 Å². The normalized spacial score (nSPS) is 23.9. The van der Waals surface area contributed by atoms with Gasteiger partial charge >= 0.3 is 0 Å². The van der Waals surface area contributed by atoms with Gasteiger partial charge in [-0.05, 0) is 37.8 Å². The van der Waals surface area contributed by atoms with Crippen LogP contribution in [0.15, 0.2) is 17.5 Å². The summed E-state index contributed by atoms with van der Waals surface area (Å²) >= 11 is 1.83. The maximum Gasteiger partial charge on any atom is 0.0386 e. The van der Waals surface area contributed by atoms with Gasteiger partial charge in [-0.25, -0.2) is 0 Å². The van der Waals surface area contributed by atoms with E-state index in [0.29, 0.717) is 12.1 Å². The molecule has 1 aliphatic rings. The molecule has 2 heterocycles. The number of nitrogens with one attached hydrogen (secondary N) is 2. The first-order valence-electron chi connectivity index (χ1n) is 5.36.